The van der Waals surface area contributed by atoms with Gasteiger partial charge in [0.2, 0.25) is 0 Å². The summed E-state index contributed by atoms with van der Waals surface area (Å²) in [4.78, 5) is 15.2. The van der Waals surface area contributed by atoms with E-state index in [0.29, 0.717) is 19.0 Å². The monoisotopic (exact) mass is 226 g/mol. The lowest BCUT2D eigenvalue weighted by molar-refractivity contribution is 0.117. The van der Waals surface area contributed by atoms with Gasteiger partial charge in [-0.1, -0.05) is 5.11 Å². The molecule has 1 amide bonds. The van der Waals surface area contributed by atoms with E-state index in [1.54, 1.807) is 0 Å². The van der Waals surface area contributed by atoms with Crippen LogP contribution in [0.1, 0.15) is 33.1 Å². The summed E-state index contributed by atoms with van der Waals surface area (Å²) in [7, 11) is 0. The highest BCUT2D eigenvalue weighted by molar-refractivity contribution is 5.66. The van der Waals surface area contributed by atoms with E-state index in [0.717, 1.165) is 19.3 Å². The molecule has 0 aliphatic carbocycles. The summed E-state index contributed by atoms with van der Waals surface area (Å²) in [6, 6.07) is 0. The van der Waals surface area contributed by atoms with Gasteiger partial charge in [0.1, 0.15) is 0 Å². The molecule has 0 bridgehead atoms. The maximum Gasteiger partial charge on any atom is 0.407 e. The van der Waals surface area contributed by atoms with Gasteiger partial charge >= 0.3 is 6.09 Å². The zero-order chi connectivity index (χ0) is 12.2. The molecule has 1 aliphatic heterocycles. The van der Waals surface area contributed by atoms with Crippen LogP contribution in [-0.2, 0) is 0 Å². The fraction of sp³-hybridized carbons (Fsp3) is 0.900. The molecule has 0 aromatic heterocycles. The van der Waals surface area contributed by atoms with Crippen molar-refractivity contribution in [2.75, 3.05) is 13.1 Å². The topological polar surface area (TPSA) is 89.3 Å². The second-order valence-corrected chi connectivity index (χ2v) is 4.87. The lowest BCUT2D eigenvalue weighted by Gasteiger charge is -2.28. The fourth-order valence-electron chi connectivity index (χ4n) is 2.41. The van der Waals surface area contributed by atoms with Crippen LogP contribution >= 0.6 is 0 Å². The SMILES string of the molecule is CC1(C)C[C@H](CCCN=[N+]=[N-])CN1C(=O)O. The van der Waals surface area contributed by atoms with Crippen molar-refractivity contribution in [1.82, 2.24) is 4.90 Å². The van der Waals surface area contributed by atoms with E-state index in [4.69, 9.17) is 10.6 Å². The van der Waals surface area contributed by atoms with Crippen molar-refractivity contribution < 1.29 is 9.90 Å². The van der Waals surface area contributed by atoms with Crippen molar-refractivity contribution in [3.8, 4) is 0 Å². The van der Waals surface area contributed by atoms with E-state index < -0.39 is 6.09 Å². The molecule has 0 spiro atoms. The highest BCUT2D eigenvalue weighted by Crippen LogP contribution is 2.34. The molecule has 6 heteroatoms. The van der Waals surface area contributed by atoms with Crippen molar-refractivity contribution in [3.63, 3.8) is 0 Å². The van der Waals surface area contributed by atoms with Crippen molar-refractivity contribution >= 4 is 6.09 Å². The fourth-order valence-corrected chi connectivity index (χ4v) is 2.41. The number of amides is 1. The molecule has 1 saturated heterocycles. The second-order valence-electron chi connectivity index (χ2n) is 4.87. The van der Waals surface area contributed by atoms with Gasteiger partial charge in [-0.2, -0.15) is 0 Å². The third-order valence-corrected chi connectivity index (χ3v) is 3.12. The Morgan fingerprint density at radius 3 is 2.88 bits per heavy atom. The first-order valence-corrected chi connectivity index (χ1v) is 5.49. The van der Waals surface area contributed by atoms with Crippen LogP contribution in [0.5, 0.6) is 0 Å². The molecule has 1 fully saturated rings. The Balaban J connectivity index is 2.43. The summed E-state index contributed by atoms with van der Waals surface area (Å²) in [6.45, 7) is 5.00. The maximum atomic E-state index is 11.0. The van der Waals surface area contributed by atoms with Gasteiger partial charge in [-0.05, 0) is 44.6 Å². The number of carbonyl (C=O) groups is 1. The maximum absolute atomic E-state index is 11.0. The van der Waals surface area contributed by atoms with Crippen molar-refractivity contribution in [2.24, 2.45) is 11.0 Å². The summed E-state index contributed by atoms with van der Waals surface area (Å²) in [5.74, 6) is 0.389. The van der Waals surface area contributed by atoms with Crippen molar-refractivity contribution in [1.29, 1.82) is 0 Å². The number of azide groups is 1. The molecular weight excluding hydrogens is 208 g/mol. The van der Waals surface area contributed by atoms with Crippen LogP contribution in [0.15, 0.2) is 5.11 Å². The molecular formula is C10H18N4O2. The minimum atomic E-state index is -0.845. The van der Waals surface area contributed by atoms with Gasteiger partial charge in [0.05, 0.1) is 0 Å². The Kier molecular flexibility index (Phi) is 4.01. The number of hydrogen-bond acceptors (Lipinski definition) is 2. The van der Waals surface area contributed by atoms with E-state index in [-0.39, 0.29) is 5.54 Å². The van der Waals surface area contributed by atoms with Crippen LogP contribution in [0.3, 0.4) is 0 Å². The minimum absolute atomic E-state index is 0.269. The van der Waals surface area contributed by atoms with Crippen LogP contribution in [0, 0.1) is 5.92 Å². The van der Waals surface area contributed by atoms with Crippen LogP contribution in [0.2, 0.25) is 0 Å². The number of nitrogens with zero attached hydrogens (tertiary/aromatic N) is 4. The van der Waals surface area contributed by atoms with Crippen LogP contribution in [0.4, 0.5) is 4.79 Å². The normalized spacial score (nSPS) is 22.9. The molecule has 1 aliphatic rings. The van der Waals surface area contributed by atoms with E-state index in [1.807, 2.05) is 13.8 Å². The molecule has 1 heterocycles. The molecule has 1 rings (SSSR count). The molecule has 0 aromatic rings. The van der Waals surface area contributed by atoms with Gasteiger partial charge in [0.15, 0.2) is 0 Å². The standard InChI is InChI=1S/C10H18N4O2/c1-10(2)6-8(4-3-5-12-13-11)7-14(10)9(15)16/h8H,3-7H2,1-2H3,(H,15,16)/t8-/m0/s1. The van der Waals surface area contributed by atoms with E-state index in [9.17, 15) is 4.79 Å². The molecule has 16 heavy (non-hydrogen) atoms. The van der Waals surface area contributed by atoms with Crippen molar-refractivity contribution in [3.05, 3.63) is 10.4 Å². The third kappa shape index (κ3) is 3.03. The number of rotatable bonds is 4. The zero-order valence-electron chi connectivity index (χ0n) is 9.76. The summed E-state index contributed by atoms with van der Waals surface area (Å²) in [5.41, 5.74) is 7.86. The smallest absolute Gasteiger partial charge is 0.407 e. The third-order valence-electron chi connectivity index (χ3n) is 3.12. The Morgan fingerprint density at radius 1 is 1.69 bits per heavy atom. The van der Waals surface area contributed by atoms with Gasteiger partial charge in [0, 0.05) is 23.5 Å². The van der Waals surface area contributed by atoms with Gasteiger partial charge < -0.3 is 10.0 Å². The molecule has 6 nitrogen and oxygen atoms in total. The van der Waals surface area contributed by atoms with Gasteiger partial charge in [-0.3, -0.25) is 0 Å². The second kappa shape index (κ2) is 5.07. The summed E-state index contributed by atoms with van der Waals surface area (Å²) < 4.78 is 0. The first-order valence-electron chi connectivity index (χ1n) is 5.49. The van der Waals surface area contributed by atoms with E-state index >= 15 is 0 Å². The van der Waals surface area contributed by atoms with Crippen LogP contribution in [0.25, 0.3) is 10.4 Å². The largest absolute Gasteiger partial charge is 0.465 e. The highest BCUT2D eigenvalue weighted by atomic mass is 16.4. The Morgan fingerprint density at radius 2 is 2.38 bits per heavy atom. The zero-order valence-corrected chi connectivity index (χ0v) is 9.76. The van der Waals surface area contributed by atoms with Crippen molar-refractivity contribution in [2.45, 2.75) is 38.6 Å². The summed E-state index contributed by atoms with van der Waals surface area (Å²) >= 11 is 0. The predicted molar refractivity (Wildman–Crippen MR) is 60.2 cm³/mol. The molecule has 0 unspecified atom stereocenters. The van der Waals surface area contributed by atoms with Gasteiger partial charge in [0.25, 0.3) is 0 Å². The first-order chi connectivity index (χ1) is 7.47. The average molecular weight is 226 g/mol. The van der Waals surface area contributed by atoms with Crippen LogP contribution in [-0.4, -0.2) is 34.7 Å². The lowest BCUT2D eigenvalue weighted by atomic mass is 9.93. The van der Waals surface area contributed by atoms with E-state index in [1.165, 1.54) is 4.90 Å². The average Bonchev–Trinajstić information content (AvgIpc) is 2.48. The molecule has 1 N–H and O–H groups in total. The predicted octanol–water partition coefficient (Wildman–Crippen LogP) is 2.86. The van der Waals surface area contributed by atoms with Gasteiger partial charge in [-0.15, -0.1) is 0 Å². The number of hydrogen-bond donors (Lipinski definition) is 1. The lowest BCUT2D eigenvalue weighted by Crippen LogP contribution is -2.41. The first kappa shape index (κ1) is 12.6. The Hall–Kier alpha value is -1.42. The molecule has 0 radical (unpaired) electrons. The molecule has 0 saturated carbocycles. The minimum Gasteiger partial charge on any atom is -0.465 e. The Labute approximate surface area is 94.9 Å². The summed E-state index contributed by atoms with van der Waals surface area (Å²) in [6.07, 6.45) is 1.79. The highest BCUT2D eigenvalue weighted by Gasteiger charge is 2.40. The number of likely N-dealkylation sites (tertiary alicyclic amines) is 1. The van der Waals surface area contributed by atoms with Crippen LogP contribution < -0.4 is 0 Å². The molecule has 1 atom stereocenters. The van der Waals surface area contributed by atoms with E-state index in [2.05, 4.69) is 10.0 Å². The quantitative estimate of drug-likeness (QED) is 0.345. The molecule has 90 valence electrons. The summed E-state index contributed by atoms with van der Waals surface area (Å²) in [5, 5.41) is 12.5. The molecule has 0 aromatic carbocycles. The number of carboxylic acid groups (broad SMARTS) is 1. The van der Waals surface area contributed by atoms with Gasteiger partial charge in [-0.25, -0.2) is 4.79 Å². The Bertz CT molecular complexity index is 310.